The molecule has 0 spiro atoms. The Kier molecular flexibility index (Phi) is 4.01. The lowest BCUT2D eigenvalue weighted by molar-refractivity contribution is 0.208. The standard InChI is InChI=1S/C12H16ClN5O/c1-7-4-8(2)18(17-7)10-5-11(13)15-16-12(10)14-6-9(3)19/h4-5,9,19H,6H2,1-3H3,(H,14,16)/t9-/m1/s1. The lowest BCUT2D eigenvalue weighted by Crippen LogP contribution is -2.18. The minimum Gasteiger partial charge on any atom is -0.392 e. The van der Waals surface area contributed by atoms with Gasteiger partial charge in [0, 0.05) is 18.3 Å². The number of aliphatic hydroxyl groups excluding tert-OH is 1. The molecule has 0 saturated heterocycles. The van der Waals surface area contributed by atoms with E-state index in [9.17, 15) is 5.11 Å². The number of hydrogen-bond acceptors (Lipinski definition) is 5. The van der Waals surface area contributed by atoms with Crippen LogP contribution < -0.4 is 5.32 Å². The fourth-order valence-electron chi connectivity index (χ4n) is 1.76. The van der Waals surface area contributed by atoms with Gasteiger partial charge in [-0.05, 0) is 26.8 Å². The average Bonchev–Trinajstić information content (AvgIpc) is 2.66. The van der Waals surface area contributed by atoms with Crippen molar-refractivity contribution < 1.29 is 5.11 Å². The Hall–Kier alpha value is -1.66. The van der Waals surface area contributed by atoms with Crippen molar-refractivity contribution in [1.29, 1.82) is 0 Å². The summed E-state index contributed by atoms with van der Waals surface area (Å²) in [6.45, 7) is 5.94. The maximum Gasteiger partial charge on any atom is 0.174 e. The predicted molar refractivity (Wildman–Crippen MR) is 73.8 cm³/mol. The molecule has 0 amide bonds. The normalized spacial score (nSPS) is 12.5. The van der Waals surface area contributed by atoms with E-state index in [-0.39, 0.29) is 0 Å². The summed E-state index contributed by atoms with van der Waals surface area (Å²) >= 11 is 5.90. The fraction of sp³-hybridized carbons (Fsp3) is 0.417. The number of rotatable bonds is 4. The predicted octanol–water partition coefficient (Wildman–Crippen LogP) is 1.73. The first-order chi connectivity index (χ1) is 8.97. The Bertz CT molecular complexity index is 581. The van der Waals surface area contributed by atoms with Gasteiger partial charge in [-0.1, -0.05) is 11.6 Å². The molecule has 2 N–H and O–H groups in total. The third-order valence-electron chi connectivity index (χ3n) is 2.55. The molecule has 0 fully saturated rings. The zero-order chi connectivity index (χ0) is 14.0. The Morgan fingerprint density at radius 1 is 1.37 bits per heavy atom. The van der Waals surface area contributed by atoms with Gasteiger partial charge < -0.3 is 10.4 Å². The molecule has 0 saturated carbocycles. The van der Waals surface area contributed by atoms with Crippen LogP contribution in [-0.2, 0) is 0 Å². The van der Waals surface area contributed by atoms with Crippen molar-refractivity contribution in [2.24, 2.45) is 0 Å². The smallest absolute Gasteiger partial charge is 0.174 e. The maximum absolute atomic E-state index is 9.33. The van der Waals surface area contributed by atoms with Gasteiger partial charge >= 0.3 is 0 Å². The minimum atomic E-state index is -0.481. The Morgan fingerprint density at radius 2 is 2.11 bits per heavy atom. The molecule has 2 aromatic rings. The van der Waals surface area contributed by atoms with Gasteiger partial charge in [-0.2, -0.15) is 5.10 Å². The van der Waals surface area contributed by atoms with Crippen LogP contribution in [0.4, 0.5) is 5.82 Å². The summed E-state index contributed by atoms with van der Waals surface area (Å²) in [5.41, 5.74) is 2.60. The van der Waals surface area contributed by atoms with Crippen LogP contribution in [0.25, 0.3) is 5.69 Å². The van der Waals surface area contributed by atoms with Gasteiger partial charge in [-0.3, -0.25) is 0 Å². The molecule has 0 unspecified atom stereocenters. The van der Waals surface area contributed by atoms with E-state index in [0.29, 0.717) is 23.2 Å². The van der Waals surface area contributed by atoms with Gasteiger partial charge in [0.2, 0.25) is 0 Å². The molecular formula is C12H16ClN5O. The molecule has 0 bridgehead atoms. The number of halogens is 1. The summed E-state index contributed by atoms with van der Waals surface area (Å²) in [6.07, 6.45) is -0.481. The van der Waals surface area contributed by atoms with E-state index >= 15 is 0 Å². The van der Waals surface area contributed by atoms with Crippen LogP contribution in [0.2, 0.25) is 5.15 Å². The number of aliphatic hydroxyl groups is 1. The molecule has 102 valence electrons. The second-order valence-electron chi connectivity index (χ2n) is 4.47. The molecule has 2 heterocycles. The lowest BCUT2D eigenvalue weighted by Gasteiger charge is -2.12. The van der Waals surface area contributed by atoms with Crippen molar-refractivity contribution in [3.8, 4) is 5.69 Å². The topological polar surface area (TPSA) is 75.9 Å². The van der Waals surface area contributed by atoms with Crippen LogP contribution in [0.1, 0.15) is 18.3 Å². The van der Waals surface area contributed by atoms with Gasteiger partial charge in [-0.25, -0.2) is 4.68 Å². The molecule has 1 atom stereocenters. The lowest BCUT2D eigenvalue weighted by atomic mass is 10.3. The van der Waals surface area contributed by atoms with Crippen molar-refractivity contribution in [3.63, 3.8) is 0 Å². The van der Waals surface area contributed by atoms with Crippen LogP contribution in [0.15, 0.2) is 12.1 Å². The molecule has 0 aliphatic rings. The molecule has 6 nitrogen and oxygen atoms in total. The largest absolute Gasteiger partial charge is 0.392 e. The molecular weight excluding hydrogens is 266 g/mol. The van der Waals surface area contributed by atoms with E-state index in [1.807, 2.05) is 19.9 Å². The number of aryl methyl sites for hydroxylation is 2. The van der Waals surface area contributed by atoms with Crippen molar-refractivity contribution in [2.45, 2.75) is 26.9 Å². The molecule has 0 radical (unpaired) electrons. The summed E-state index contributed by atoms with van der Waals surface area (Å²) in [4.78, 5) is 0. The summed E-state index contributed by atoms with van der Waals surface area (Å²) in [6, 6.07) is 3.66. The molecule has 2 rings (SSSR count). The number of hydrogen-bond donors (Lipinski definition) is 2. The number of anilines is 1. The Balaban J connectivity index is 2.42. The van der Waals surface area contributed by atoms with E-state index in [1.165, 1.54) is 0 Å². The van der Waals surface area contributed by atoms with Gasteiger partial charge in [0.1, 0.15) is 5.69 Å². The summed E-state index contributed by atoms with van der Waals surface area (Å²) in [7, 11) is 0. The van der Waals surface area contributed by atoms with Gasteiger partial charge in [0.15, 0.2) is 11.0 Å². The van der Waals surface area contributed by atoms with Gasteiger partial charge in [-0.15, -0.1) is 10.2 Å². The highest BCUT2D eigenvalue weighted by Gasteiger charge is 2.12. The summed E-state index contributed by atoms with van der Waals surface area (Å²) in [5, 5.41) is 24.9. The van der Waals surface area contributed by atoms with E-state index in [4.69, 9.17) is 11.6 Å². The van der Waals surface area contributed by atoms with E-state index < -0.39 is 6.10 Å². The van der Waals surface area contributed by atoms with Gasteiger partial charge in [0.25, 0.3) is 0 Å². The zero-order valence-electron chi connectivity index (χ0n) is 11.1. The monoisotopic (exact) mass is 281 g/mol. The molecule has 0 aliphatic heterocycles. The van der Waals surface area contributed by atoms with Gasteiger partial charge in [0.05, 0.1) is 11.8 Å². The first kappa shape index (κ1) is 13.8. The number of nitrogens with one attached hydrogen (secondary N) is 1. The molecule has 7 heteroatoms. The highest BCUT2D eigenvalue weighted by atomic mass is 35.5. The quantitative estimate of drug-likeness (QED) is 0.892. The molecule has 19 heavy (non-hydrogen) atoms. The number of nitrogens with zero attached hydrogens (tertiary/aromatic N) is 4. The summed E-state index contributed by atoms with van der Waals surface area (Å²) in [5.74, 6) is 0.538. The highest BCUT2D eigenvalue weighted by Crippen LogP contribution is 2.21. The third-order valence-corrected chi connectivity index (χ3v) is 2.73. The SMILES string of the molecule is Cc1cc(C)n(-c2cc(Cl)nnc2NC[C@@H](C)O)n1. The van der Waals surface area contributed by atoms with Crippen LogP contribution in [0, 0.1) is 13.8 Å². The molecule has 0 aromatic carbocycles. The Labute approximate surface area is 116 Å². The maximum atomic E-state index is 9.33. The van der Waals surface area contributed by atoms with Crippen LogP contribution >= 0.6 is 11.6 Å². The molecule has 2 aromatic heterocycles. The van der Waals surface area contributed by atoms with E-state index in [0.717, 1.165) is 11.4 Å². The molecule has 0 aliphatic carbocycles. The Morgan fingerprint density at radius 3 is 2.68 bits per heavy atom. The van der Waals surface area contributed by atoms with Crippen LogP contribution in [-0.4, -0.2) is 37.7 Å². The zero-order valence-corrected chi connectivity index (χ0v) is 11.8. The first-order valence-corrected chi connectivity index (χ1v) is 6.34. The van der Waals surface area contributed by atoms with Crippen LogP contribution in [0.3, 0.4) is 0 Å². The highest BCUT2D eigenvalue weighted by molar-refractivity contribution is 6.29. The van der Waals surface area contributed by atoms with Crippen LogP contribution in [0.5, 0.6) is 0 Å². The summed E-state index contributed by atoms with van der Waals surface area (Å²) < 4.78 is 1.75. The average molecular weight is 282 g/mol. The van der Waals surface area contributed by atoms with Crippen molar-refractivity contribution >= 4 is 17.4 Å². The van der Waals surface area contributed by atoms with E-state index in [2.05, 4.69) is 20.6 Å². The van der Waals surface area contributed by atoms with E-state index in [1.54, 1.807) is 17.7 Å². The second kappa shape index (κ2) is 5.54. The number of aromatic nitrogens is 4. The first-order valence-electron chi connectivity index (χ1n) is 5.96. The van der Waals surface area contributed by atoms with Crippen molar-refractivity contribution in [3.05, 3.63) is 28.7 Å². The van der Waals surface area contributed by atoms with Crippen molar-refractivity contribution in [1.82, 2.24) is 20.0 Å². The third kappa shape index (κ3) is 3.21. The van der Waals surface area contributed by atoms with Crippen molar-refractivity contribution in [2.75, 3.05) is 11.9 Å². The fourth-order valence-corrected chi connectivity index (χ4v) is 1.90. The second-order valence-corrected chi connectivity index (χ2v) is 4.86. The minimum absolute atomic E-state index is 0.296.